The third-order valence-corrected chi connectivity index (χ3v) is 3.70. The van der Waals surface area contributed by atoms with Gasteiger partial charge in [-0.15, -0.1) is 17.2 Å². The number of imidazole rings is 1. The molecule has 0 saturated heterocycles. The molecule has 4 rings (SSSR count). The molecule has 2 heterocycles. The zero-order valence-electron chi connectivity index (χ0n) is 13.3. The number of carbonyl (C=O) groups is 1. The zero-order chi connectivity index (χ0) is 17.3. The first-order valence-corrected chi connectivity index (χ1v) is 10.7. The molecule has 1 aliphatic heterocycles. The second-order valence-electron chi connectivity index (χ2n) is 5.37. The summed E-state index contributed by atoms with van der Waals surface area (Å²) in [7, 11) is 3.61. The number of aromatic amines is 1. The van der Waals surface area contributed by atoms with E-state index >= 15 is 4.39 Å². The van der Waals surface area contributed by atoms with Crippen molar-refractivity contribution < 1.29 is 13.9 Å². The lowest BCUT2D eigenvalue weighted by atomic mass is 9.97. The number of benzene rings is 2. The van der Waals surface area contributed by atoms with E-state index in [1.807, 2.05) is 6.92 Å². The topological polar surface area (TPSA) is 55.0 Å². The lowest BCUT2D eigenvalue weighted by molar-refractivity contribution is -0.0650. The van der Waals surface area contributed by atoms with Gasteiger partial charge < -0.3 is 9.72 Å². The number of aryl methyl sites for hydroxylation is 1. The van der Waals surface area contributed by atoms with Crippen LogP contribution >= 0.6 is 17.2 Å². The summed E-state index contributed by atoms with van der Waals surface area (Å²) < 4.78 is 20.4. The molecule has 0 aliphatic carbocycles. The average Bonchev–Trinajstić information content (AvgIpc) is 3.06. The van der Waals surface area contributed by atoms with Gasteiger partial charge in [-0.25, -0.2) is 9.78 Å². The van der Waals surface area contributed by atoms with Gasteiger partial charge in [0.1, 0.15) is 5.82 Å². The van der Waals surface area contributed by atoms with Gasteiger partial charge in [0.15, 0.2) is 0 Å². The van der Waals surface area contributed by atoms with Crippen LogP contribution in [0.4, 0.5) is 4.39 Å². The lowest BCUT2D eigenvalue weighted by Gasteiger charge is -2.19. The summed E-state index contributed by atoms with van der Waals surface area (Å²) in [6.45, 7) is 3.94. The third kappa shape index (κ3) is 2.83. The first kappa shape index (κ1) is 17.0. The highest BCUT2D eigenvalue weighted by atomic mass is 32.0. The van der Waals surface area contributed by atoms with Crippen molar-refractivity contribution >= 4 is 34.2 Å². The average molecular weight is 362 g/mol. The monoisotopic (exact) mass is 362 g/mol. The molecule has 0 spiro atoms. The number of rotatable bonds is 1. The number of hydrogen-bond acceptors (Lipinski definition) is 3. The summed E-state index contributed by atoms with van der Waals surface area (Å²) in [5, 5.41) is 0. The number of alkyl halides is 1. The Bertz CT molecular complexity index is 912. The van der Waals surface area contributed by atoms with E-state index in [0.29, 0.717) is 5.52 Å². The summed E-state index contributed by atoms with van der Waals surface area (Å²) >= 11 is 0. The molecule has 0 saturated carbocycles. The number of fused-ring (bicyclic) bond motifs is 2. The molecule has 24 heavy (non-hydrogen) atoms. The van der Waals surface area contributed by atoms with Crippen LogP contribution < -0.4 is 0 Å². The molecule has 124 valence electrons. The summed E-state index contributed by atoms with van der Waals surface area (Å²) in [6, 6.07) is 11.5. The van der Waals surface area contributed by atoms with Crippen molar-refractivity contribution in [3.63, 3.8) is 0 Å². The van der Waals surface area contributed by atoms with E-state index in [1.165, 1.54) is 0 Å². The smallest absolute Gasteiger partial charge is 0.341 e. The molecule has 2 aromatic carbocycles. The molecular weight excluding hydrogens is 345 g/mol. The number of cyclic esters (lactones) is 1. The number of aromatic nitrogens is 2. The van der Waals surface area contributed by atoms with Crippen LogP contribution in [0.2, 0.25) is 0 Å². The number of ether oxygens (including phenoxy) is 1. The van der Waals surface area contributed by atoms with Gasteiger partial charge >= 0.3 is 11.8 Å². The lowest BCUT2D eigenvalue weighted by Crippen LogP contribution is -2.21. The second kappa shape index (κ2) is 6.58. The number of esters is 1. The van der Waals surface area contributed by atoms with Crippen LogP contribution in [0.15, 0.2) is 42.5 Å². The largest absolute Gasteiger partial charge is 0.416 e. The predicted octanol–water partition coefficient (Wildman–Crippen LogP) is 4.30. The van der Waals surface area contributed by atoms with Gasteiger partial charge in [-0.1, -0.05) is 18.2 Å². The maximum Gasteiger partial charge on any atom is 0.341 e. The second-order valence-corrected chi connectivity index (χ2v) is 7.68. The minimum atomic E-state index is -2.25. The summed E-state index contributed by atoms with van der Waals surface area (Å²) in [4.78, 5) is 19.2. The quantitative estimate of drug-likeness (QED) is 0.519. The highest BCUT2D eigenvalue weighted by Crippen LogP contribution is 2.43. The van der Waals surface area contributed by atoms with Gasteiger partial charge in [0.05, 0.1) is 16.6 Å². The van der Waals surface area contributed by atoms with Gasteiger partial charge in [-0.05, 0) is 37.9 Å². The molecule has 1 aliphatic rings. The van der Waals surface area contributed by atoms with E-state index in [4.69, 9.17) is 4.74 Å². The molecular formula is C17H17FN2O2P2. The van der Waals surface area contributed by atoms with Gasteiger partial charge in [0.25, 0.3) is 0 Å². The number of nitrogens with one attached hydrogen (secondary N) is 1. The van der Waals surface area contributed by atoms with E-state index < -0.39 is 11.8 Å². The van der Waals surface area contributed by atoms with Crippen molar-refractivity contribution in [3.05, 3.63) is 65.0 Å². The summed E-state index contributed by atoms with van der Waals surface area (Å²) in [6.07, 6.45) is 0. The number of H-pyrrole nitrogens is 1. The van der Waals surface area contributed by atoms with Gasteiger partial charge in [-0.2, -0.15) is 4.39 Å². The van der Waals surface area contributed by atoms with Crippen LogP contribution in [0, 0.1) is 6.92 Å². The van der Waals surface area contributed by atoms with Crippen LogP contribution in [0.1, 0.15) is 27.3 Å². The SMILES string of the molecule is CPP.Cc1nc2ccc(C3(F)OC(=O)c4ccccc43)cc2[nH]1. The fraction of sp³-hybridized carbons (Fsp3) is 0.176. The van der Waals surface area contributed by atoms with Crippen molar-refractivity contribution in [2.24, 2.45) is 0 Å². The fourth-order valence-electron chi connectivity index (χ4n) is 2.73. The molecule has 1 N–H and O–H groups in total. The van der Waals surface area contributed by atoms with Crippen molar-refractivity contribution in [2.75, 3.05) is 6.66 Å². The van der Waals surface area contributed by atoms with Gasteiger partial charge in [-0.3, -0.25) is 0 Å². The molecule has 0 amide bonds. The van der Waals surface area contributed by atoms with E-state index in [2.05, 4.69) is 25.6 Å². The maximum absolute atomic E-state index is 15.3. The Morgan fingerprint density at radius 3 is 2.75 bits per heavy atom. The van der Waals surface area contributed by atoms with Crippen LogP contribution in [0.5, 0.6) is 0 Å². The van der Waals surface area contributed by atoms with E-state index in [0.717, 1.165) is 19.6 Å². The van der Waals surface area contributed by atoms with Gasteiger partial charge in [0.2, 0.25) is 0 Å². The molecule has 4 nitrogen and oxygen atoms in total. The standard InChI is InChI=1S/C16H11FN2O2.CH6P2/c1-9-18-13-7-6-10(8-14(13)19-9)16(17)12-5-3-2-4-11(12)15(20)21-16;1-3-2/h2-8H,1H3,(H,18,19);3H,2H2,1H3. The van der Waals surface area contributed by atoms with Crippen molar-refractivity contribution in [1.29, 1.82) is 0 Å². The Morgan fingerprint density at radius 2 is 2.00 bits per heavy atom. The number of hydrogen-bond donors (Lipinski definition) is 1. The van der Waals surface area contributed by atoms with Crippen LogP contribution in [-0.2, 0) is 10.6 Å². The number of carbonyl (C=O) groups excluding carboxylic acids is 1. The van der Waals surface area contributed by atoms with Crippen LogP contribution in [0.3, 0.4) is 0 Å². The molecule has 3 unspecified atom stereocenters. The van der Waals surface area contributed by atoms with Gasteiger partial charge in [0, 0.05) is 11.1 Å². The summed E-state index contributed by atoms with van der Waals surface area (Å²) in [5.74, 6) is -2.14. The number of halogens is 1. The Kier molecular flexibility index (Phi) is 4.67. The van der Waals surface area contributed by atoms with Crippen molar-refractivity contribution in [3.8, 4) is 0 Å². The van der Waals surface area contributed by atoms with E-state index in [9.17, 15) is 4.79 Å². The third-order valence-electron chi connectivity index (χ3n) is 3.70. The maximum atomic E-state index is 15.3. The summed E-state index contributed by atoms with van der Waals surface area (Å²) in [5.41, 5.74) is 2.24. The predicted molar refractivity (Wildman–Crippen MR) is 98.5 cm³/mol. The first-order valence-electron chi connectivity index (χ1n) is 7.35. The number of nitrogens with zero attached hydrogens (tertiary/aromatic N) is 1. The molecule has 1 aromatic heterocycles. The molecule has 0 fully saturated rings. The molecule has 7 heteroatoms. The van der Waals surface area contributed by atoms with E-state index in [1.54, 1.807) is 42.5 Å². The molecule has 3 aromatic rings. The highest BCUT2D eigenvalue weighted by molar-refractivity contribution is 8.02. The highest BCUT2D eigenvalue weighted by Gasteiger charge is 2.47. The minimum absolute atomic E-state index is 0.241. The fourth-order valence-corrected chi connectivity index (χ4v) is 2.73. The van der Waals surface area contributed by atoms with Crippen molar-refractivity contribution in [1.82, 2.24) is 9.97 Å². The molecule has 0 bridgehead atoms. The van der Waals surface area contributed by atoms with E-state index in [-0.39, 0.29) is 16.7 Å². The zero-order valence-corrected chi connectivity index (χ0v) is 15.4. The van der Waals surface area contributed by atoms with Crippen molar-refractivity contribution in [2.45, 2.75) is 12.8 Å². The normalized spacial score (nSPS) is 19.2. The Hall–Kier alpha value is -1.83. The molecule has 0 radical (unpaired) electrons. The Labute approximate surface area is 143 Å². The molecule has 3 atom stereocenters. The van der Waals surface area contributed by atoms with Crippen LogP contribution in [-0.4, -0.2) is 22.6 Å². The van der Waals surface area contributed by atoms with Crippen LogP contribution in [0.25, 0.3) is 11.0 Å². The Morgan fingerprint density at radius 1 is 1.29 bits per heavy atom. The first-order chi connectivity index (χ1) is 11.5. The minimum Gasteiger partial charge on any atom is -0.416 e. The Balaban J connectivity index is 0.000000526.